The minimum absolute atomic E-state index is 0.0272. The van der Waals surface area contributed by atoms with Crippen LogP contribution in [0.2, 0.25) is 0 Å². The molecular formula is C13H17FN2. The number of nitriles is 1. The molecule has 0 aliphatic heterocycles. The highest BCUT2D eigenvalue weighted by Crippen LogP contribution is 2.26. The highest BCUT2D eigenvalue weighted by Gasteiger charge is 2.21. The Morgan fingerprint density at radius 3 is 2.50 bits per heavy atom. The van der Waals surface area contributed by atoms with Crippen LogP contribution in [0.4, 0.5) is 10.1 Å². The predicted molar refractivity (Wildman–Crippen MR) is 63.9 cm³/mol. The van der Waals surface area contributed by atoms with E-state index in [0.717, 1.165) is 12.1 Å². The highest BCUT2D eigenvalue weighted by molar-refractivity contribution is 5.51. The topological polar surface area (TPSA) is 27.0 Å². The molecule has 0 aromatic heterocycles. The molecule has 0 saturated carbocycles. The fourth-order valence-corrected chi connectivity index (χ4v) is 1.39. The third-order valence-corrected chi connectivity index (χ3v) is 3.23. The van der Waals surface area contributed by atoms with Crippen LogP contribution in [0.5, 0.6) is 0 Å². The minimum atomic E-state index is -0.459. The average molecular weight is 220 g/mol. The van der Waals surface area contributed by atoms with Crippen LogP contribution in [-0.4, -0.2) is 12.6 Å². The molecule has 0 heterocycles. The fraction of sp³-hybridized carbons (Fsp3) is 0.462. The lowest BCUT2D eigenvalue weighted by Crippen LogP contribution is -2.40. The summed E-state index contributed by atoms with van der Waals surface area (Å²) in [7, 11) is 1.93. The molecule has 2 nitrogen and oxygen atoms in total. The number of halogens is 1. The second kappa shape index (κ2) is 4.52. The Morgan fingerprint density at radius 1 is 1.44 bits per heavy atom. The van der Waals surface area contributed by atoms with Crippen LogP contribution in [0.15, 0.2) is 18.2 Å². The zero-order valence-corrected chi connectivity index (χ0v) is 10.2. The van der Waals surface area contributed by atoms with Gasteiger partial charge >= 0.3 is 0 Å². The third-order valence-electron chi connectivity index (χ3n) is 3.23. The summed E-state index contributed by atoms with van der Waals surface area (Å²) in [5.74, 6) is -0.459. The van der Waals surface area contributed by atoms with Crippen molar-refractivity contribution in [1.82, 2.24) is 0 Å². The summed E-state index contributed by atoms with van der Waals surface area (Å²) in [4.78, 5) is 2.03. The number of hydrogen-bond acceptors (Lipinski definition) is 2. The van der Waals surface area contributed by atoms with Crippen molar-refractivity contribution in [2.45, 2.75) is 32.7 Å². The molecule has 0 aliphatic carbocycles. The van der Waals surface area contributed by atoms with Crippen molar-refractivity contribution in [2.75, 3.05) is 11.9 Å². The van der Waals surface area contributed by atoms with E-state index in [1.807, 2.05) is 18.0 Å². The largest absolute Gasteiger partial charge is 0.369 e. The van der Waals surface area contributed by atoms with E-state index in [2.05, 4.69) is 20.8 Å². The first-order valence-corrected chi connectivity index (χ1v) is 5.36. The number of rotatable bonds is 3. The lowest BCUT2D eigenvalue weighted by atomic mass is 9.99. The Hall–Kier alpha value is -1.56. The normalized spacial score (nSPS) is 11.0. The molecule has 16 heavy (non-hydrogen) atoms. The van der Waals surface area contributed by atoms with E-state index in [4.69, 9.17) is 5.26 Å². The second-order valence-corrected chi connectivity index (χ2v) is 4.50. The summed E-state index contributed by atoms with van der Waals surface area (Å²) in [6, 6.07) is 6.53. The molecule has 0 N–H and O–H groups in total. The molecule has 3 heteroatoms. The van der Waals surface area contributed by atoms with Crippen molar-refractivity contribution in [3.05, 3.63) is 29.6 Å². The maximum absolute atomic E-state index is 13.5. The quantitative estimate of drug-likeness (QED) is 0.781. The number of benzene rings is 1. The predicted octanol–water partition coefficient (Wildman–Crippen LogP) is 3.32. The molecule has 0 fully saturated rings. The summed E-state index contributed by atoms with van der Waals surface area (Å²) >= 11 is 0. The van der Waals surface area contributed by atoms with Gasteiger partial charge in [0.2, 0.25) is 0 Å². The van der Waals surface area contributed by atoms with Crippen molar-refractivity contribution in [3.63, 3.8) is 0 Å². The maximum atomic E-state index is 13.5. The lowest BCUT2D eigenvalue weighted by Gasteiger charge is -2.36. The first-order chi connectivity index (χ1) is 7.42. The van der Waals surface area contributed by atoms with E-state index in [-0.39, 0.29) is 11.1 Å². The average Bonchev–Trinajstić information content (AvgIpc) is 2.27. The zero-order chi connectivity index (χ0) is 12.3. The van der Waals surface area contributed by atoms with Gasteiger partial charge in [-0.25, -0.2) is 4.39 Å². The van der Waals surface area contributed by atoms with Crippen LogP contribution in [0.3, 0.4) is 0 Å². The maximum Gasteiger partial charge on any atom is 0.143 e. The van der Waals surface area contributed by atoms with Crippen molar-refractivity contribution in [1.29, 1.82) is 5.26 Å². The molecule has 1 rings (SSSR count). The van der Waals surface area contributed by atoms with Gasteiger partial charge in [0.15, 0.2) is 0 Å². The van der Waals surface area contributed by atoms with Gasteiger partial charge in [0, 0.05) is 18.3 Å². The SMILES string of the molecule is CCC(C)(C)N(C)c1ccc(C#N)c(F)c1. The van der Waals surface area contributed by atoms with Crippen LogP contribution >= 0.6 is 0 Å². The first kappa shape index (κ1) is 12.5. The van der Waals surface area contributed by atoms with Gasteiger partial charge in [-0.2, -0.15) is 5.26 Å². The molecule has 0 aliphatic rings. The summed E-state index contributed by atoms with van der Waals surface area (Å²) in [6.45, 7) is 6.29. The fourth-order valence-electron chi connectivity index (χ4n) is 1.39. The van der Waals surface area contributed by atoms with Crippen molar-refractivity contribution in [3.8, 4) is 6.07 Å². The number of nitrogens with zero attached hydrogens (tertiary/aromatic N) is 2. The third kappa shape index (κ3) is 2.33. The van der Waals surface area contributed by atoms with Crippen LogP contribution < -0.4 is 4.90 Å². The van der Waals surface area contributed by atoms with E-state index in [9.17, 15) is 4.39 Å². The molecule has 0 radical (unpaired) electrons. The number of hydrogen-bond donors (Lipinski definition) is 0. The van der Waals surface area contributed by atoms with Gasteiger partial charge in [0.05, 0.1) is 5.56 Å². The van der Waals surface area contributed by atoms with Gasteiger partial charge in [-0.3, -0.25) is 0 Å². The summed E-state index contributed by atoms with van der Waals surface area (Å²) in [6.07, 6.45) is 0.963. The first-order valence-electron chi connectivity index (χ1n) is 5.36. The van der Waals surface area contributed by atoms with E-state index in [0.29, 0.717) is 0 Å². The Kier molecular flexibility index (Phi) is 3.54. The molecule has 0 atom stereocenters. The van der Waals surface area contributed by atoms with E-state index >= 15 is 0 Å². The van der Waals surface area contributed by atoms with E-state index in [1.165, 1.54) is 12.1 Å². The molecule has 1 aromatic carbocycles. The van der Waals surface area contributed by atoms with Gasteiger partial charge in [-0.1, -0.05) is 6.92 Å². The zero-order valence-electron chi connectivity index (χ0n) is 10.2. The van der Waals surface area contributed by atoms with Crippen LogP contribution in [0, 0.1) is 17.1 Å². The van der Waals surface area contributed by atoms with Crippen LogP contribution in [0.1, 0.15) is 32.8 Å². The van der Waals surface area contributed by atoms with Gasteiger partial charge in [0.25, 0.3) is 0 Å². The molecule has 86 valence electrons. The molecule has 0 spiro atoms. The lowest BCUT2D eigenvalue weighted by molar-refractivity contribution is 0.470. The molecule has 0 saturated heterocycles. The van der Waals surface area contributed by atoms with Gasteiger partial charge in [-0.05, 0) is 38.5 Å². The molecule has 0 unspecified atom stereocenters. The van der Waals surface area contributed by atoms with E-state index in [1.54, 1.807) is 6.07 Å². The Labute approximate surface area is 96.3 Å². The molecule has 1 aromatic rings. The smallest absolute Gasteiger partial charge is 0.143 e. The second-order valence-electron chi connectivity index (χ2n) is 4.50. The van der Waals surface area contributed by atoms with Crippen molar-refractivity contribution in [2.24, 2.45) is 0 Å². The number of anilines is 1. The highest BCUT2D eigenvalue weighted by atomic mass is 19.1. The molecular weight excluding hydrogens is 203 g/mol. The van der Waals surface area contributed by atoms with Crippen molar-refractivity contribution >= 4 is 5.69 Å². The minimum Gasteiger partial charge on any atom is -0.369 e. The van der Waals surface area contributed by atoms with Crippen LogP contribution in [-0.2, 0) is 0 Å². The van der Waals surface area contributed by atoms with Gasteiger partial charge in [-0.15, -0.1) is 0 Å². The summed E-state index contributed by atoms with van der Waals surface area (Å²) in [5.41, 5.74) is 0.857. The van der Waals surface area contributed by atoms with Gasteiger partial charge in [0.1, 0.15) is 11.9 Å². The molecule has 0 bridgehead atoms. The Morgan fingerprint density at radius 2 is 2.06 bits per heavy atom. The Balaban J connectivity index is 3.08. The Bertz CT molecular complexity index is 418. The standard InChI is InChI=1S/C13H17FN2/c1-5-13(2,3)16(4)11-7-6-10(9-15)12(14)8-11/h6-8H,5H2,1-4H3. The van der Waals surface area contributed by atoms with E-state index < -0.39 is 5.82 Å². The van der Waals surface area contributed by atoms with Gasteiger partial charge < -0.3 is 4.90 Å². The monoisotopic (exact) mass is 220 g/mol. The summed E-state index contributed by atoms with van der Waals surface area (Å²) in [5, 5.41) is 8.65. The van der Waals surface area contributed by atoms with Crippen LogP contribution in [0.25, 0.3) is 0 Å². The van der Waals surface area contributed by atoms with Crippen molar-refractivity contribution < 1.29 is 4.39 Å². The molecule has 0 amide bonds. The summed E-state index contributed by atoms with van der Waals surface area (Å²) < 4.78 is 13.5.